The van der Waals surface area contributed by atoms with Gasteiger partial charge in [0.1, 0.15) is 0 Å². The van der Waals surface area contributed by atoms with Crippen LogP contribution < -0.4 is 5.11 Å². The summed E-state index contributed by atoms with van der Waals surface area (Å²) in [7, 11) is 0. The minimum absolute atomic E-state index is 0.0464. The molecule has 0 heterocycles. The van der Waals surface area contributed by atoms with E-state index in [0.717, 1.165) is 12.8 Å². The Morgan fingerprint density at radius 2 is 1.75 bits per heavy atom. The standard InChI is InChI=1S/C12H14O4/c1-2-3-8-16-12(15)10-6-4-9(5-7-10)11(13)14/h4-7H,2-3,8H2,1H3,(H,13,14)/p-1. The van der Waals surface area contributed by atoms with Gasteiger partial charge in [-0.05, 0) is 24.1 Å². The highest BCUT2D eigenvalue weighted by Crippen LogP contribution is 2.05. The molecule has 1 rings (SSSR count). The molecule has 0 aliphatic heterocycles. The first kappa shape index (κ1) is 12.2. The number of carboxylic acid groups (broad SMARTS) is 1. The van der Waals surface area contributed by atoms with Gasteiger partial charge in [0.05, 0.1) is 18.1 Å². The highest BCUT2D eigenvalue weighted by molar-refractivity contribution is 5.91. The van der Waals surface area contributed by atoms with Crippen molar-refractivity contribution < 1.29 is 19.4 Å². The van der Waals surface area contributed by atoms with Crippen molar-refractivity contribution in [1.29, 1.82) is 0 Å². The van der Waals surface area contributed by atoms with Crippen LogP contribution in [-0.4, -0.2) is 18.5 Å². The number of carboxylic acids is 1. The fourth-order valence-corrected chi connectivity index (χ4v) is 1.13. The number of hydrogen-bond donors (Lipinski definition) is 0. The van der Waals surface area contributed by atoms with Crippen LogP contribution in [0, 0.1) is 0 Å². The molecule has 0 radical (unpaired) electrons. The van der Waals surface area contributed by atoms with Crippen LogP contribution in [0.15, 0.2) is 24.3 Å². The molecule has 0 amide bonds. The van der Waals surface area contributed by atoms with E-state index in [1.807, 2.05) is 6.92 Å². The number of unbranched alkanes of at least 4 members (excludes halogenated alkanes) is 1. The van der Waals surface area contributed by atoms with Crippen molar-refractivity contribution in [2.45, 2.75) is 19.8 Å². The van der Waals surface area contributed by atoms with E-state index >= 15 is 0 Å². The number of carbonyl (C=O) groups is 2. The second-order valence-electron chi connectivity index (χ2n) is 3.35. The summed E-state index contributed by atoms with van der Waals surface area (Å²) in [6, 6.07) is 5.48. The van der Waals surface area contributed by atoms with Gasteiger partial charge in [-0.3, -0.25) is 0 Å². The summed E-state index contributed by atoms with van der Waals surface area (Å²) in [5.74, 6) is -1.69. The third-order valence-electron chi connectivity index (χ3n) is 2.09. The minimum atomic E-state index is -1.26. The van der Waals surface area contributed by atoms with Crippen molar-refractivity contribution in [1.82, 2.24) is 0 Å². The zero-order valence-corrected chi connectivity index (χ0v) is 9.06. The normalized spacial score (nSPS) is 9.81. The quantitative estimate of drug-likeness (QED) is 0.549. The predicted octanol–water partition coefficient (Wildman–Crippen LogP) is 1.01. The van der Waals surface area contributed by atoms with Crippen molar-refractivity contribution in [2.24, 2.45) is 0 Å². The Balaban J connectivity index is 2.59. The van der Waals surface area contributed by atoms with Gasteiger partial charge in [0.2, 0.25) is 0 Å². The molecule has 0 aliphatic rings. The lowest BCUT2D eigenvalue weighted by molar-refractivity contribution is -0.255. The molecule has 0 aromatic heterocycles. The summed E-state index contributed by atoms with van der Waals surface area (Å²) in [6.07, 6.45) is 1.78. The van der Waals surface area contributed by atoms with Crippen LogP contribution in [-0.2, 0) is 4.74 Å². The van der Waals surface area contributed by atoms with Crippen LogP contribution in [0.1, 0.15) is 40.5 Å². The maximum Gasteiger partial charge on any atom is 0.338 e. The Kier molecular flexibility index (Phi) is 4.51. The van der Waals surface area contributed by atoms with E-state index in [2.05, 4.69) is 0 Å². The number of ether oxygens (including phenoxy) is 1. The van der Waals surface area contributed by atoms with E-state index in [0.29, 0.717) is 12.2 Å². The van der Waals surface area contributed by atoms with Crippen LogP contribution in [0.2, 0.25) is 0 Å². The van der Waals surface area contributed by atoms with E-state index < -0.39 is 11.9 Å². The summed E-state index contributed by atoms with van der Waals surface area (Å²) in [6.45, 7) is 2.39. The van der Waals surface area contributed by atoms with E-state index in [1.165, 1.54) is 24.3 Å². The van der Waals surface area contributed by atoms with Gasteiger partial charge in [-0.2, -0.15) is 0 Å². The lowest BCUT2D eigenvalue weighted by Gasteiger charge is -2.05. The van der Waals surface area contributed by atoms with Crippen molar-refractivity contribution in [2.75, 3.05) is 6.61 Å². The molecule has 0 saturated heterocycles. The zero-order chi connectivity index (χ0) is 12.0. The van der Waals surface area contributed by atoms with Crippen LogP contribution in [0.5, 0.6) is 0 Å². The molecule has 4 nitrogen and oxygen atoms in total. The topological polar surface area (TPSA) is 66.4 Å². The first-order valence-corrected chi connectivity index (χ1v) is 5.13. The van der Waals surface area contributed by atoms with Gasteiger partial charge in [0, 0.05) is 0 Å². The molecule has 1 aromatic rings. The molecule has 0 saturated carbocycles. The minimum Gasteiger partial charge on any atom is -0.545 e. The van der Waals surface area contributed by atoms with Gasteiger partial charge in [-0.25, -0.2) is 4.79 Å². The smallest absolute Gasteiger partial charge is 0.338 e. The second kappa shape index (κ2) is 5.90. The van der Waals surface area contributed by atoms with Gasteiger partial charge >= 0.3 is 5.97 Å². The fraction of sp³-hybridized carbons (Fsp3) is 0.333. The summed E-state index contributed by atoms with van der Waals surface area (Å²) < 4.78 is 4.97. The zero-order valence-electron chi connectivity index (χ0n) is 9.06. The number of benzene rings is 1. The van der Waals surface area contributed by atoms with Gasteiger partial charge in [-0.1, -0.05) is 25.5 Å². The van der Waals surface area contributed by atoms with Crippen molar-refractivity contribution in [3.05, 3.63) is 35.4 Å². The maximum atomic E-state index is 11.4. The average molecular weight is 221 g/mol. The molecule has 0 atom stereocenters. The lowest BCUT2D eigenvalue weighted by Crippen LogP contribution is -2.22. The Morgan fingerprint density at radius 3 is 2.25 bits per heavy atom. The van der Waals surface area contributed by atoms with Crippen LogP contribution in [0.4, 0.5) is 0 Å². The Bertz CT molecular complexity index is 367. The molecule has 1 aromatic carbocycles. The average Bonchev–Trinajstić information content (AvgIpc) is 2.29. The number of rotatable bonds is 5. The molecule has 0 fully saturated rings. The Hall–Kier alpha value is -1.84. The van der Waals surface area contributed by atoms with Crippen molar-refractivity contribution in [3.63, 3.8) is 0 Å². The highest BCUT2D eigenvalue weighted by atomic mass is 16.5. The van der Waals surface area contributed by atoms with E-state index in [9.17, 15) is 14.7 Å². The van der Waals surface area contributed by atoms with Gasteiger partial charge in [0.15, 0.2) is 0 Å². The second-order valence-corrected chi connectivity index (χ2v) is 3.35. The van der Waals surface area contributed by atoms with Crippen molar-refractivity contribution in [3.8, 4) is 0 Å². The molecule has 0 N–H and O–H groups in total. The molecule has 4 heteroatoms. The first-order valence-electron chi connectivity index (χ1n) is 5.13. The molecule has 0 bridgehead atoms. The molecule has 86 valence electrons. The van der Waals surface area contributed by atoms with Crippen molar-refractivity contribution >= 4 is 11.9 Å². The van der Waals surface area contributed by atoms with E-state index in [1.54, 1.807) is 0 Å². The largest absolute Gasteiger partial charge is 0.545 e. The monoisotopic (exact) mass is 221 g/mol. The highest BCUT2D eigenvalue weighted by Gasteiger charge is 2.06. The van der Waals surface area contributed by atoms with Crippen LogP contribution >= 0.6 is 0 Å². The molecular weight excluding hydrogens is 208 g/mol. The first-order chi connectivity index (χ1) is 7.65. The van der Waals surface area contributed by atoms with E-state index in [-0.39, 0.29) is 5.56 Å². The molecular formula is C12H13O4-. The predicted molar refractivity (Wildman–Crippen MR) is 56.0 cm³/mol. The number of esters is 1. The Morgan fingerprint density at radius 1 is 1.19 bits per heavy atom. The third-order valence-corrected chi connectivity index (χ3v) is 2.09. The van der Waals surface area contributed by atoms with Gasteiger partial charge < -0.3 is 14.6 Å². The number of aromatic carboxylic acids is 1. The van der Waals surface area contributed by atoms with E-state index in [4.69, 9.17) is 4.74 Å². The van der Waals surface area contributed by atoms with Gasteiger partial charge in [0.25, 0.3) is 0 Å². The maximum absolute atomic E-state index is 11.4. The number of carbonyl (C=O) groups excluding carboxylic acids is 2. The molecule has 0 spiro atoms. The Labute approximate surface area is 93.9 Å². The van der Waals surface area contributed by atoms with Crippen LogP contribution in [0.25, 0.3) is 0 Å². The molecule has 16 heavy (non-hydrogen) atoms. The fourth-order valence-electron chi connectivity index (χ4n) is 1.13. The number of hydrogen-bond acceptors (Lipinski definition) is 4. The summed E-state index contributed by atoms with van der Waals surface area (Å²) >= 11 is 0. The van der Waals surface area contributed by atoms with Gasteiger partial charge in [-0.15, -0.1) is 0 Å². The summed E-state index contributed by atoms with van der Waals surface area (Å²) in [4.78, 5) is 21.9. The SMILES string of the molecule is CCCCOC(=O)c1ccc(C(=O)[O-])cc1. The molecule has 0 aliphatic carbocycles. The molecule has 0 unspecified atom stereocenters. The van der Waals surface area contributed by atoms with Crippen LogP contribution in [0.3, 0.4) is 0 Å². The summed E-state index contributed by atoms with van der Waals surface area (Å²) in [5.41, 5.74) is 0.395. The lowest BCUT2D eigenvalue weighted by atomic mass is 10.1. The third kappa shape index (κ3) is 3.38. The summed E-state index contributed by atoms with van der Waals surface area (Å²) in [5, 5.41) is 10.5.